The number of anilines is 1. The third kappa shape index (κ3) is 2.46. The second-order valence-electron chi connectivity index (χ2n) is 3.81. The molecule has 4 N–H and O–H groups in total. The molecule has 0 aliphatic carbocycles. The van der Waals surface area contributed by atoms with Crippen molar-refractivity contribution in [3.8, 4) is 0 Å². The first-order valence-corrected chi connectivity index (χ1v) is 5.35. The zero-order valence-electron chi connectivity index (χ0n) is 8.94. The Hall–Kier alpha value is -1.69. The molecule has 0 bridgehead atoms. The van der Waals surface area contributed by atoms with Gasteiger partial charge in [0, 0.05) is 25.0 Å². The molecule has 1 aromatic heterocycles. The van der Waals surface area contributed by atoms with Crippen molar-refractivity contribution >= 4 is 11.7 Å². The van der Waals surface area contributed by atoms with Crippen molar-refractivity contribution in [2.24, 2.45) is 0 Å². The van der Waals surface area contributed by atoms with Crippen molar-refractivity contribution in [1.29, 1.82) is 0 Å². The summed E-state index contributed by atoms with van der Waals surface area (Å²) >= 11 is 0. The molecule has 1 amide bonds. The van der Waals surface area contributed by atoms with Gasteiger partial charge in [-0.1, -0.05) is 0 Å². The van der Waals surface area contributed by atoms with Crippen molar-refractivity contribution in [2.75, 3.05) is 18.8 Å². The fourth-order valence-electron chi connectivity index (χ4n) is 1.75. The number of nitrogens with zero attached hydrogens (tertiary/aromatic N) is 2. The number of carbonyl (C=O) groups is 1. The molecular weight excluding hydrogens is 206 g/mol. The lowest BCUT2D eigenvalue weighted by Gasteiger charge is -2.23. The summed E-state index contributed by atoms with van der Waals surface area (Å²) in [4.78, 5) is 19.6. The Morgan fingerprint density at radius 2 is 2.31 bits per heavy atom. The Balaban J connectivity index is 2.00. The lowest BCUT2D eigenvalue weighted by Crippen LogP contribution is -2.45. The average molecular weight is 221 g/mol. The summed E-state index contributed by atoms with van der Waals surface area (Å²) in [5.41, 5.74) is 5.78. The molecule has 1 saturated heterocycles. The van der Waals surface area contributed by atoms with E-state index >= 15 is 0 Å². The number of nitrogen functional groups attached to an aromatic ring is 1. The van der Waals surface area contributed by atoms with Crippen LogP contribution in [-0.2, 0) is 0 Å². The van der Waals surface area contributed by atoms with Gasteiger partial charge in [0.15, 0.2) is 11.5 Å². The van der Waals surface area contributed by atoms with Gasteiger partial charge in [0.05, 0.1) is 0 Å². The summed E-state index contributed by atoms with van der Waals surface area (Å²) in [5, 5.41) is 6.12. The number of hydrogen-bond acceptors (Lipinski definition) is 5. The Labute approximate surface area is 93.7 Å². The van der Waals surface area contributed by atoms with Gasteiger partial charge in [0.25, 0.3) is 5.91 Å². The lowest BCUT2D eigenvalue weighted by molar-refractivity contribution is 0.0926. The van der Waals surface area contributed by atoms with Crippen molar-refractivity contribution in [1.82, 2.24) is 20.6 Å². The van der Waals surface area contributed by atoms with Crippen molar-refractivity contribution < 1.29 is 4.79 Å². The molecule has 6 nitrogen and oxygen atoms in total. The molecule has 1 aromatic rings. The molecular formula is C10H15N5O. The number of aromatic nitrogens is 2. The van der Waals surface area contributed by atoms with Crippen molar-refractivity contribution in [3.05, 3.63) is 18.1 Å². The number of hydrogen-bond donors (Lipinski definition) is 3. The highest BCUT2D eigenvalue weighted by Crippen LogP contribution is 2.06. The SMILES string of the molecule is Nc1nccnc1C(=O)N[C@H]1CCCNC1. The van der Waals surface area contributed by atoms with Crippen LogP contribution in [0.1, 0.15) is 23.3 Å². The van der Waals surface area contributed by atoms with Crippen LogP contribution in [-0.4, -0.2) is 35.0 Å². The van der Waals surface area contributed by atoms with E-state index in [2.05, 4.69) is 20.6 Å². The van der Waals surface area contributed by atoms with Gasteiger partial charge in [-0.2, -0.15) is 0 Å². The van der Waals surface area contributed by atoms with E-state index in [9.17, 15) is 4.79 Å². The van der Waals surface area contributed by atoms with Crippen LogP contribution >= 0.6 is 0 Å². The van der Waals surface area contributed by atoms with Gasteiger partial charge in [-0.3, -0.25) is 4.79 Å². The summed E-state index contributed by atoms with van der Waals surface area (Å²) in [6, 6.07) is 0.155. The smallest absolute Gasteiger partial charge is 0.273 e. The molecule has 1 fully saturated rings. The maximum absolute atomic E-state index is 11.8. The highest BCUT2D eigenvalue weighted by atomic mass is 16.2. The van der Waals surface area contributed by atoms with Crippen LogP contribution in [0, 0.1) is 0 Å². The van der Waals surface area contributed by atoms with Gasteiger partial charge in [-0.25, -0.2) is 9.97 Å². The molecule has 2 heterocycles. The molecule has 0 aromatic carbocycles. The van der Waals surface area contributed by atoms with Crippen LogP contribution in [0.5, 0.6) is 0 Å². The molecule has 86 valence electrons. The highest BCUT2D eigenvalue weighted by molar-refractivity contribution is 5.96. The molecule has 0 saturated carbocycles. The normalized spacial score (nSPS) is 20.4. The second-order valence-corrected chi connectivity index (χ2v) is 3.81. The Morgan fingerprint density at radius 3 is 3.00 bits per heavy atom. The monoisotopic (exact) mass is 221 g/mol. The van der Waals surface area contributed by atoms with E-state index in [-0.39, 0.29) is 23.5 Å². The number of carbonyl (C=O) groups excluding carboxylic acids is 1. The quantitative estimate of drug-likeness (QED) is 0.628. The van der Waals surface area contributed by atoms with Gasteiger partial charge >= 0.3 is 0 Å². The van der Waals surface area contributed by atoms with Crippen LogP contribution < -0.4 is 16.4 Å². The predicted octanol–water partition coefficient (Wildman–Crippen LogP) is -0.459. The Morgan fingerprint density at radius 1 is 1.50 bits per heavy atom. The standard InChI is InChI=1S/C10H15N5O/c11-9-8(13-4-5-14-9)10(16)15-7-2-1-3-12-6-7/h4-5,7,12H,1-3,6H2,(H2,11,14)(H,15,16)/t7-/m0/s1. The summed E-state index contributed by atoms with van der Waals surface area (Å²) in [7, 11) is 0. The van der Waals surface area contributed by atoms with E-state index < -0.39 is 0 Å². The van der Waals surface area contributed by atoms with E-state index in [0.717, 1.165) is 25.9 Å². The first-order valence-electron chi connectivity index (χ1n) is 5.35. The van der Waals surface area contributed by atoms with Crippen LogP contribution in [0.4, 0.5) is 5.82 Å². The minimum atomic E-state index is -0.251. The lowest BCUT2D eigenvalue weighted by atomic mass is 10.1. The van der Waals surface area contributed by atoms with Crippen molar-refractivity contribution in [3.63, 3.8) is 0 Å². The summed E-state index contributed by atoms with van der Waals surface area (Å²) < 4.78 is 0. The molecule has 16 heavy (non-hydrogen) atoms. The summed E-state index contributed by atoms with van der Waals surface area (Å²) in [6.07, 6.45) is 4.98. The fourth-order valence-corrected chi connectivity index (χ4v) is 1.75. The fraction of sp³-hybridized carbons (Fsp3) is 0.500. The average Bonchev–Trinajstić information content (AvgIpc) is 2.31. The van der Waals surface area contributed by atoms with E-state index in [1.54, 1.807) is 0 Å². The van der Waals surface area contributed by atoms with Gasteiger partial charge in [-0.15, -0.1) is 0 Å². The maximum Gasteiger partial charge on any atom is 0.273 e. The molecule has 0 spiro atoms. The Kier molecular flexibility index (Phi) is 3.31. The molecule has 1 aliphatic rings. The summed E-state index contributed by atoms with van der Waals surface area (Å²) in [5.74, 6) is -0.0805. The van der Waals surface area contributed by atoms with Gasteiger partial charge in [-0.05, 0) is 19.4 Å². The zero-order chi connectivity index (χ0) is 11.4. The minimum absolute atomic E-state index is 0.155. The van der Waals surface area contributed by atoms with Crippen LogP contribution in [0.25, 0.3) is 0 Å². The number of rotatable bonds is 2. The van der Waals surface area contributed by atoms with Gasteiger partial charge in [0.2, 0.25) is 0 Å². The zero-order valence-corrected chi connectivity index (χ0v) is 8.94. The molecule has 2 rings (SSSR count). The van der Waals surface area contributed by atoms with Crippen LogP contribution in [0.3, 0.4) is 0 Å². The van der Waals surface area contributed by atoms with Gasteiger partial charge < -0.3 is 16.4 Å². The predicted molar refractivity (Wildman–Crippen MR) is 59.8 cm³/mol. The third-order valence-corrected chi connectivity index (χ3v) is 2.57. The first-order chi connectivity index (χ1) is 7.77. The molecule has 1 atom stereocenters. The molecule has 0 radical (unpaired) electrons. The largest absolute Gasteiger partial charge is 0.382 e. The number of nitrogens with two attached hydrogens (primary N) is 1. The number of nitrogens with one attached hydrogen (secondary N) is 2. The van der Waals surface area contributed by atoms with E-state index in [0.29, 0.717) is 0 Å². The van der Waals surface area contributed by atoms with Crippen LogP contribution in [0.2, 0.25) is 0 Å². The maximum atomic E-state index is 11.8. The molecule has 0 unspecified atom stereocenters. The second kappa shape index (κ2) is 4.89. The topological polar surface area (TPSA) is 92.9 Å². The van der Waals surface area contributed by atoms with E-state index in [1.165, 1.54) is 12.4 Å². The number of piperidine rings is 1. The number of amides is 1. The first kappa shape index (κ1) is 10.8. The van der Waals surface area contributed by atoms with Crippen LogP contribution in [0.15, 0.2) is 12.4 Å². The summed E-state index contributed by atoms with van der Waals surface area (Å²) in [6.45, 7) is 1.81. The molecule has 6 heteroatoms. The van der Waals surface area contributed by atoms with E-state index in [4.69, 9.17) is 5.73 Å². The highest BCUT2D eigenvalue weighted by Gasteiger charge is 2.18. The minimum Gasteiger partial charge on any atom is -0.382 e. The van der Waals surface area contributed by atoms with Gasteiger partial charge in [0.1, 0.15) is 0 Å². The van der Waals surface area contributed by atoms with E-state index in [1.807, 2.05) is 0 Å². The van der Waals surface area contributed by atoms with Crippen molar-refractivity contribution in [2.45, 2.75) is 18.9 Å². The third-order valence-electron chi connectivity index (χ3n) is 2.57. The molecule has 1 aliphatic heterocycles. The Bertz CT molecular complexity index is 375.